The Bertz CT molecular complexity index is 1350. The third-order valence-electron chi connectivity index (χ3n) is 5.55. The van der Waals surface area contributed by atoms with Crippen molar-refractivity contribution in [3.63, 3.8) is 0 Å². The summed E-state index contributed by atoms with van der Waals surface area (Å²) in [6, 6.07) is 30.7. The second-order valence-corrected chi connectivity index (χ2v) is 8.31. The Morgan fingerprint density at radius 2 is 0.886 bits per heavy atom. The molecular formula is C31H26O4. The molecule has 0 heterocycles. The lowest BCUT2D eigenvalue weighted by atomic mass is 9.96. The molecule has 0 saturated heterocycles. The number of esters is 2. The third-order valence-corrected chi connectivity index (χ3v) is 5.55. The first-order valence-electron chi connectivity index (χ1n) is 11.4. The van der Waals surface area contributed by atoms with E-state index in [0.29, 0.717) is 22.3 Å². The van der Waals surface area contributed by atoms with E-state index < -0.39 is 11.9 Å². The zero-order valence-electron chi connectivity index (χ0n) is 19.9. The number of hydrogen-bond acceptors (Lipinski definition) is 4. The average molecular weight is 463 g/mol. The maximum absolute atomic E-state index is 13.2. The van der Waals surface area contributed by atoms with Gasteiger partial charge in [0.15, 0.2) is 11.5 Å². The first-order valence-corrected chi connectivity index (χ1v) is 11.4. The molecule has 0 spiro atoms. The van der Waals surface area contributed by atoms with E-state index in [0.717, 1.165) is 16.7 Å². The molecular weight excluding hydrogens is 436 g/mol. The predicted octanol–water partition coefficient (Wildman–Crippen LogP) is 7.15. The summed E-state index contributed by atoms with van der Waals surface area (Å²) in [5.41, 5.74) is 5.01. The lowest BCUT2D eigenvalue weighted by Crippen LogP contribution is -2.12. The Hall–Kier alpha value is -4.44. The van der Waals surface area contributed by atoms with Crippen LogP contribution in [-0.2, 0) is 9.47 Å². The van der Waals surface area contributed by atoms with Crippen LogP contribution in [0.1, 0.15) is 48.5 Å². The fraction of sp³-hybridized carbons (Fsp3) is 0.0968. The zero-order valence-corrected chi connectivity index (χ0v) is 19.9. The molecule has 0 radical (unpaired) electrons. The third kappa shape index (κ3) is 5.56. The Kier molecular flexibility index (Phi) is 7.22. The topological polar surface area (TPSA) is 52.6 Å². The molecule has 0 aliphatic rings. The number of aryl methyl sites for hydroxylation is 3. The standard InChI is InChI=1S/C31H26O4/c1-21-19-22(2)27(23(3)20-21)29(35-31(33)26-17-11-6-12-18-26)28(24-13-7-4-8-14-24)34-30(32)25-15-9-5-10-16-25/h4-20H,1-3H3/b29-28+. The van der Waals surface area contributed by atoms with Gasteiger partial charge in [-0.15, -0.1) is 0 Å². The minimum absolute atomic E-state index is 0.179. The molecule has 4 nitrogen and oxygen atoms in total. The smallest absolute Gasteiger partial charge is 0.343 e. The molecule has 4 aromatic carbocycles. The van der Waals surface area contributed by atoms with Gasteiger partial charge in [0.05, 0.1) is 11.1 Å². The van der Waals surface area contributed by atoms with E-state index in [2.05, 4.69) is 0 Å². The lowest BCUT2D eigenvalue weighted by molar-refractivity contribution is 0.0646. The number of carbonyl (C=O) groups excluding carboxylic acids is 2. The Labute approximate surface area is 205 Å². The number of ether oxygens (including phenoxy) is 2. The fourth-order valence-electron chi connectivity index (χ4n) is 4.03. The van der Waals surface area contributed by atoms with Crippen LogP contribution in [0.4, 0.5) is 0 Å². The molecule has 0 amide bonds. The molecule has 35 heavy (non-hydrogen) atoms. The molecule has 0 N–H and O–H groups in total. The molecule has 4 rings (SSSR count). The first-order chi connectivity index (χ1) is 16.9. The molecule has 0 fully saturated rings. The van der Waals surface area contributed by atoms with Crippen LogP contribution in [0.2, 0.25) is 0 Å². The van der Waals surface area contributed by atoms with Crippen molar-refractivity contribution in [1.29, 1.82) is 0 Å². The molecule has 0 unspecified atom stereocenters. The highest BCUT2D eigenvalue weighted by atomic mass is 16.6. The van der Waals surface area contributed by atoms with Gasteiger partial charge < -0.3 is 9.47 Å². The Morgan fingerprint density at radius 1 is 0.514 bits per heavy atom. The van der Waals surface area contributed by atoms with Gasteiger partial charge in [-0.25, -0.2) is 9.59 Å². The van der Waals surface area contributed by atoms with Gasteiger partial charge >= 0.3 is 11.9 Å². The maximum Gasteiger partial charge on any atom is 0.343 e. The Balaban J connectivity index is 1.93. The fourth-order valence-corrected chi connectivity index (χ4v) is 4.03. The van der Waals surface area contributed by atoms with Crippen molar-refractivity contribution in [3.05, 3.63) is 142 Å². The summed E-state index contributed by atoms with van der Waals surface area (Å²) in [6.07, 6.45) is 0. The highest BCUT2D eigenvalue weighted by Crippen LogP contribution is 2.34. The summed E-state index contributed by atoms with van der Waals surface area (Å²) in [4.78, 5) is 26.4. The second kappa shape index (κ2) is 10.7. The van der Waals surface area contributed by atoms with Crippen molar-refractivity contribution in [3.8, 4) is 0 Å². The molecule has 0 aliphatic heterocycles. The summed E-state index contributed by atoms with van der Waals surface area (Å²) in [5.74, 6) is -0.701. The van der Waals surface area contributed by atoms with E-state index in [1.807, 2.05) is 75.4 Å². The molecule has 0 aliphatic carbocycles. The molecule has 174 valence electrons. The van der Waals surface area contributed by atoms with E-state index >= 15 is 0 Å². The van der Waals surface area contributed by atoms with E-state index in [4.69, 9.17) is 9.47 Å². The number of hydrogen-bond donors (Lipinski definition) is 0. The summed E-state index contributed by atoms with van der Waals surface area (Å²) < 4.78 is 12.0. The van der Waals surface area contributed by atoms with Gasteiger partial charge in [0.1, 0.15) is 0 Å². The largest absolute Gasteiger partial charge is 0.418 e. The molecule has 0 saturated carbocycles. The van der Waals surface area contributed by atoms with Crippen LogP contribution < -0.4 is 0 Å². The molecule has 0 atom stereocenters. The summed E-state index contributed by atoms with van der Waals surface area (Å²) >= 11 is 0. The highest BCUT2D eigenvalue weighted by molar-refractivity contribution is 6.01. The molecule has 0 aromatic heterocycles. The summed E-state index contributed by atoms with van der Waals surface area (Å²) in [7, 11) is 0. The van der Waals surface area contributed by atoms with Gasteiger partial charge in [0, 0.05) is 11.1 Å². The quantitative estimate of drug-likeness (QED) is 0.173. The second-order valence-electron chi connectivity index (χ2n) is 8.31. The molecule has 0 bridgehead atoms. The first kappa shape index (κ1) is 23.7. The van der Waals surface area contributed by atoms with Crippen LogP contribution in [-0.4, -0.2) is 11.9 Å². The van der Waals surface area contributed by atoms with E-state index in [-0.39, 0.29) is 11.5 Å². The molecule has 4 heteroatoms. The van der Waals surface area contributed by atoms with Gasteiger partial charge in [-0.3, -0.25) is 0 Å². The van der Waals surface area contributed by atoms with Crippen molar-refractivity contribution in [2.24, 2.45) is 0 Å². The van der Waals surface area contributed by atoms with Gasteiger partial charge in [-0.2, -0.15) is 0 Å². The Morgan fingerprint density at radius 3 is 1.31 bits per heavy atom. The number of rotatable bonds is 6. The van der Waals surface area contributed by atoms with Gasteiger partial charge in [-0.05, 0) is 56.2 Å². The normalized spacial score (nSPS) is 11.4. The van der Waals surface area contributed by atoms with Crippen LogP contribution in [0, 0.1) is 20.8 Å². The summed E-state index contributed by atoms with van der Waals surface area (Å²) in [6.45, 7) is 5.91. The van der Waals surface area contributed by atoms with Crippen LogP contribution in [0.5, 0.6) is 0 Å². The van der Waals surface area contributed by atoms with E-state index in [9.17, 15) is 9.59 Å². The van der Waals surface area contributed by atoms with E-state index in [1.54, 1.807) is 48.5 Å². The maximum atomic E-state index is 13.2. The molecule has 4 aromatic rings. The monoisotopic (exact) mass is 462 g/mol. The zero-order chi connectivity index (χ0) is 24.8. The van der Waals surface area contributed by atoms with Gasteiger partial charge in [0.25, 0.3) is 0 Å². The minimum atomic E-state index is -0.542. The SMILES string of the molecule is Cc1cc(C)c(/C(OC(=O)c2ccccc2)=C(\OC(=O)c2ccccc2)c2ccccc2)c(C)c1. The highest BCUT2D eigenvalue weighted by Gasteiger charge is 2.25. The lowest BCUT2D eigenvalue weighted by Gasteiger charge is -2.20. The predicted molar refractivity (Wildman–Crippen MR) is 138 cm³/mol. The van der Waals surface area contributed by atoms with Crippen molar-refractivity contribution < 1.29 is 19.1 Å². The van der Waals surface area contributed by atoms with Crippen LogP contribution in [0.3, 0.4) is 0 Å². The van der Waals surface area contributed by atoms with Crippen LogP contribution >= 0.6 is 0 Å². The van der Waals surface area contributed by atoms with E-state index in [1.165, 1.54) is 0 Å². The number of carbonyl (C=O) groups is 2. The van der Waals surface area contributed by atoms with Crippen molar-refractivity contribution in [1.82, 2.24) is 0 Å². The van der Waals surface area contributed by atoms with Gasteiger partial charge in [-0.1, -0.05) is 84.4 Å². The minimum Gasteiger partial charge on any atom is -0.418 e. The average Bonchev–Trinajstić information content (AvgIpc) is 2.87. The number of benzene rings is 4. The van der Waals surface area contributed by atoms with Crippen LogP contribution in [0.15, 0.2) is 103 Å². The van der Waals surface area contributed by atoms with Crippen molar-refractivity contribution in [2.75, 3.05) is 0 Å². The van der Waals surface area contributed by atoms with Crippen LogP contribution in [0.25, 0.3) is 11.5 Å². The van der Waals surface area contributed by atoms with Crippen molar-refractivity contribution in [2.45, 2.75) is 20.8 Å². The van der Waals surface area contributed by atoms with Crippen molar-refractivity contribution >= 4 is 23.5 Å². The van der Waals surface area contributed by atoms with Gasteiger partial charge in [0.2, 0.25) is 0 Å². The summed E-state index contributed by atoms with van der Waals surface area (Å²) in [5, 5.41) is 0.